The molecule has 0 aliphatic carbocycles. The van der Waals surface area contributed by atoms with Crippen molar-refractivity contribution in [3.63, 3.8) is 0 Å². The molecular formula is C17H25BrN2O3S. The number of piperidine rings is 1. The Kier molecular flexibility index (Phi) is 6.83. The summed E-state index contributed by atoms with van der Waals surface area (Å²) < 4.78 is 27.7. The van der Waals surface area contributed by atoms with Crippen LogP contribution in [0.25, 0.3) is 0 Å². The average Bonchev–Trinajstić information content (AvgIpc) is 2.56. The van der Waals surface area contributed by atoms with Crippen LogP contribution in [0.3, 0.4) is 0 Å². The van der Waals surface area contributed by atoms with Crippen LogP contribution >= 0.6 is 15.9 Å². The summed E-state index contributed by atoms with van der Waals surface area (Å²) in [4.78, 5) is 12.6. The van der Waals surface area contributed by atoms with Crippen molar-refractivity contribution in [1.82, 2.24) is 9.62 Å². The minimum absolute atomic E-state index is 0.0526. The van der Waals surface area contributed by atoms with Gasteiger partial charge in [-0.2, -0.15) is 4.31 Å². The van der Waals surface area contributed by atoms with Gasteiger partial charge in [-0.3, -0.25) is 4.79 Å². The van der Waals surface area contributed by atoms with Crippen LogP contribution < -0.4 is 5.32 Å². The van der Waals surface area contributed by atoms with Gasteiger partial charge in [-0.15, -0.1) is 0 Å². The Labute approximate surface area is 153 Å². The van der Waals surface area contributed by atoms with Gasteiger partial charge in [0.25, 0.3) is 5.91 Å². The summed E-state index contributed by atoms with van der Waals surface area (Å²) in [7, 11) is -3.54. The first kappa shape index (κ1) is 19.4. The highest BCUT2D eigenvalue weighted by molar-refractivity contribution is 9.10. The summed E-state index contributed by atoms with van der Waals surface area (Å²) in [5.41, 5.74) is 0.357. The molecule has 0 unspecified atom stereocenters. The van der Waals surface area contributed by atoms with Gasteiger partial charge in [0.2, 0.25) is 10.0 Å². The Bertz CT molecular complexity index is 685. The monoisotopic (exact) mass is 416 g/mol. The van der Waals surface area contributed by atoms with Crippen molar-refractivity contribution >= 4 is 31.9 Å². The third-order valence-corrected chi connectivity index (χ3v) is 6.82. The number of benzene rings is 1. The summed E-state index contributed by atoms with van der Waals surface area (Å²) in [5.74, 6) is -0.251. The average molecular weight is 417 g/mol. The molecule has 5 nitrogen and oxygen atoms in total. The van der Waals surface area contributed by atoms with Crippen molar-refractivity contribution in [1.29, 1.82) is 0 Å². The van der Waals surface area contributed by atoms with Crippen molar-refractivity contribution in [3.05, 3.63) is 28.2 Å². The van der Waals surface area contributed by atoms with Crippen LogP contribution in [0.1, 0.15) is 56.3 Å². The first-order chi connectivity index (χ1) is 11.4. The number of halogens is 1. The topological polar surface area (TPSA) is 66.5 Å². The second kappa shape index (κ2) is 8.45. The number of hydrogen-bond donors (Lipinski definition) is 1. The van der Waals surface area contributed by atoms with Crippen LogP contribution in [-0.4, -0.2) is 37.8 Å². The molecule has 0 bridgehead atoms. The van der Waals surface area contributed by atoms with Gasteiger partial charge in [0, 0.05) is 23.6 Å². The van der Waals surface area contributed by atoms with Crippen LogP contribution in [0.5, 0.6) is 0 Å². The minimum atomic E-state index is -3.54. The second-order valence-electron chi connectivity index (χ2n) is 6.27. The molecule has 24 heavy (non-hydrogen) atoms. The molecule has 1 aromatic carbocycles. The normalized spacial score (nSPS) is 17.5. The van der Waals surface area contributed by atoms with Crippen LogP contribution in [0.15, 0.2) is 27.6 Å². The maximum Gasteiger partial charge on any atom is 0.252 e. The second-order valence-corrected chi connectivity index (χ2v) is 9.06. The lowest BCUT2D eigenvalue weighted by molar-refractivity contribution is 0.0937. The molecule has 0 radical (unpaired) electrons. The van der Waals surface area contributed by atoms with E-state index in [2.05, 4.69) is 28.2 Å². The van der Waals surface area contributed by atoms with Gasteiger partial charge in [0.05, 0.1) is 10.5 Å². The highest BCUT2D eigenvalue weighted by Gasteiger charge is 2.27. The zero-order valence-electron chi connectivity index (χ0n) is 14.2. The van der Waals surface area contributed by atoms with E-state index in [1.54, 1.807) is 12.1 Å². The predicted molar refractivity (Wildman–Crippen MR) is 98.6 cm³/mol. The predicted octanol–water partition coefficient (Wildman–Crippen LogP) is 3.54. The molecule has 1 aromatic rings. The lowest BCUT2D eigenvalue weighted by atomic mass is 10.1. The number of sulfonamides is 1. The SMILES string of the molecule is CCC[C@H](C)NC(=O)c1cc(S(=O)(=O)N2CCCCC2)ccc1Br. The lowest BCUT2D eigenvalue weighted by Gasteiger charge is -2.26. The molecule has 0 spiro atoms. The Morgan fingerprint density at radius 1 is 1.29 bits per heavy atom. The van der Waals surface area contributed by atoms with Gasteiger partial charge in [-0.05, 0) is 60.3 Å². The number of nitrogens with one attached hydrogen (secondary N) is 1. The molecule has 1 heterocycles. The summed E-state index contributed by atoms with van der Waals surface area (Å²) in [6.45, 7) is 5.11. The molecular weight excluding hydrogens is 392 g/mol. The highest BCUT2D eigenvalue weighted by Crippen LogP contribution is 2.25. The summed E-state index contributed by atoms with van der Waals surface area (Å²) in [6.07, 6.45) is 4.70. The fourth-order valence-electron chi connectivity index (χ4n) is 2.90. The molecule has 1 aliphatic heterocycles. The molecule has 1 fully saturated rings. The van der Waals surface area contributed by atoms with Crippen LogP contribution in [0.2, 0.25) is 0 Å². The Morgan fingerprint density at radius 3 is 2.58 bits per heavy atom. The number of nitrogens with zero attached hydrogens (tertiary/aromatic N) is 1. The number of hydrogen-bond acceptors (Lipinski definition) is 3. The third kappa shape index (κ3) is 4.58. The molecule has 1 atom stereocenters. The van der Waals surface area contributed by atoms with Crippen molar-refractivity contribution in [3.8, 4) is 0 Å². The van der Waals surface area contributed by atoms with E-state index in [-0.39, 0.29) is 16.8 Å². The molecule has 1 N–H and O–H groups in total. The molecule has 2 rings (SSSR count). The van der Waals surface area contributed by atoms with Crippen molar-refractivity contribution in [2.75, 3.05) is 13.1 Å². The fraction of sp³-hybridized carbons (Fsp3) is 0.588. The fourth-order valence-corrected chi connectivity index (χ4v) is 4.87. The van der Waals surface area contributed by atoms with E-state index < -0.39 is 10.0 Å². The van der Waals surface area contributed by atoms with Crippen LogP contribution in [-0.2, 0) is 10.0 Å². The first-order valence-corrected chi connectivity index (χ1v) is 10.7. The van der Waals surface area contributed by atoms with Gasteiger partial charge in [0.1, 0.15) is 0 Å². The smallest absolute Gasteiger partial charge is 0.252 e. The zero-order chi connectivity index (χ0) is 17.7. The summed E-state index contributed by atoms with van der Waals surface area (Å²) in [6, 6.07) is 4.72. The number of carbonyl (C=O) groups is 1. The van der Waals surface area contributed by atoms with Crippen molar-refractivity contribution in [2.24, 2.45) is 0 Å². The molecule has 0 aromatic heterocycles. The lowest BCUT2D eigenvalue weighted by Crippen LogP contribution is -2.36. The quantitative estimate of drug-likeness (QED) is 0.770. The van der Waals surface area contributed by atoms with E-state index in [0.717, 1.165) is 32.1 Å². The zero-order valence-corrected chi connectivity index (χ0v) is 16.6. The van der Waals surface area contributed by atoms with E-state index in [4.69, 9.17) is 0 Å². The Hall–Kier alpha value is -0.920. The number of amides is 1. The van der Waals surface area contributed by atoms with Crippen LogP contribution in [0.4, 0.5) is 0 Å². The Balaban J connectivity index is 2.26. The van der Waals surface area contributed by atoms with Gasteiger partial charge >= 0.3 is 0 Å². The van der Waals surface area contributed by atoms with Gasteiger partial charge < -0.3 is 5.32 Å². The molecule has 1 aliphatic rings. The van der Waals surface area contributed by atoms with Crippen molar-refractivity contribution in [2.45, 2.75) is 56.9 Å². The van der Waals surface area contributed by atoms with E-state index in [1.165, 1.54) is 10.4 Å². The van der Waals surface area contributed by atoms with E-state index in [9.17, 15) is 13.2 Å². The molecule has 0 saturated carbocycles. The Morgan fingerprint density at radius 2 is 1.96 bits per heavy atom. The molecule has 7 heteroatoms. The third-order valence-electron chi connectivity index (χ3n) is 4.23. The molecule has 1 amide bonds. The summed E-state index contributed by atoms with van der Waals surface area (Å²) in [5, 5.41) is 2.92. The van der Waals surface area contributed by atoms with E-state index in [1.807, 2.05) is 6.92 Å². The molecule has 134 valence electrons. The standard InChI is InChI=1S/C17H25BrN2O3S/c1-3-7-13(2)19-17(21)15-12-14(8-9-16(15)18)24(22,23)20-10-5-4-6-11-20/h8-9,12-13H,3-7,10-11H2,1-2H3,(H,19,21)/t13-/m0/s1. The van der Waals surface area contributed by atoms with Gasteiger partial charge in [-0.25, -0.2) is 8.42 Å². The largest absolute Gasteiger partial charge is 0.350 e. The van der Waals surface area contributed by atoms with Gasteiger partial charge in [0.15, 0.2) is 0 Å². The minimum Gasteiger partial charge on any atom is -0.350 e. The molecule has 1 saturated heterocycles. The highest BCUT2D eigenvalue weighted by atomic mass is 79.9. The van der Waals surface area contributed by atoms with E-state index in [0.29, 0.717) is 23.1 Å². The first-order valence-electron chi connectivity index (χ1n) is 8.47. The van der Waals surface area contributed by atoms with Crippen molar-refractivity contribution < 1.29 is 13.2 Å². The maximum absolute atomic E-state index is 12.8. The van der Waals surface area contributed by atoms with Gasteiger partial charge in [-0.1, -0.05) is 19.8 Å². The maximum atomic E-state index is 12.8. The number of rotatable bonds is 6. The van der Waals surface area contributed by atoms with E-state index >= 15 is 0 Å². The summed E-state index contributed by atoms with van der Waals surface area (Å²) >= 11 is 3.35. The number of carbonyl (C=O) groups excluding carboxylic acids is 1. The van der Waals surface area contributed by atoms with Crippen LogP contribution in [0, 0.1) is 0 Å².